The molecule has 29 heavy (non-hydrogen) atoms. The summed E-state index contributed by atoms with van der Waals surface area (Å²) in [6, 6.07) is 20.4. The maximum absolute atomic E-state index is 13.3. The van der Waals surface area contributed by atoms with Crippen LogP contribution >= 0.6 is 0 Å². The molecule has 1 amide bonds. The minimum Gasteiger partial charge on any atom is -0.492 e. The zero-order valence-corrected chi connectivity index (χ0v) is 17.4. The quantitative estimate of drug-likeness (QED) is 0.635. The van der Waals surface area contributed by atoms with E-state index >= 15 is 0 Å². The molecule has 3 aromatic carbocycles. The zero-order chi connectivity index (χ0) is 20.4. The molecule has 4 nitrogen and oxygen atoms in total. The number of anilines is 1. The summed E-state index contributed by atoms with van der Waals surface area (Å²) < 4.78 is 5.84. The van der Waals surface area contributed by atoms with E-state index in [0.29, 0.717) is 6.61 Å². The second kappa shape index (κ2) is 7.88. The Labute approximate surface area is 172 Å². The minimum atomic E-state index is -0.435. The first-order chi connectivity index (χ1) is 14.0. The lowest BCUT2D eigenvalue weighted by atomic mass is 9.90. The molecular formula is C25H28N2O2. The second-order valence-corrected chi connectivity index (χ2v) is 8.19. The molecule has 1 N–H and O–H groups in total. The Morgan fingerprint density at radius 2 is 1.83 bits per heavy atom. The highest BCUT2D eigenvalue weighted by atomic mass is 16.5. The summed E-state index contributed by atoms with van der Waals surface area (Å²) in [5, 5.41) is 5.53. The molecule has 0 bridgehead atoms. The van der Waals surface area contributed by atoms with Gasteiger partial charge in [-0.15, -0.1) is 0 Å². The van der Waals surface area contributed by atoms with Gasteiger partial charge in [-0.25, -0.2) is 0 Å². The number of likely N-dealkylation sites (N-methyl/N-ethyl adjacent to an activating group) is 1. The largest absolute Gasteiger partial charge is 0.492 e. The normalized spacial score (nSPS) is 14.8. The molecule has 0 heterocycles. The number of amides is 1. The molecule has 0 unspecified atom stereocenters. The molecule has 1 aliphatic carbocycles. The number of benzene rings is 3. The maximum Gasteiger partial charge on any atom is 0.235 e. The molecule has 4 rings (SSSR count). The van der Waals surface area contributed by atoms with Gasteiger partial charge in [-0.2, -0.15) is 0 Å². The summed E-state index contributed by atoms with van der Waals surface area (Å²) >= 11 is 0. The van der Waals surface area contributed by atoms with Crippen molar-refractivity contribution in [3.05, 3.63) is 71.8 Å². The van der Waals surface area contributed by atoms with Crippen LogP contribution in [0.2, 0.25) is 0 Å². The van der Waals surface area contributed by atoms with Gasteiger partial charge >= 0.3 is 0 Å². The monoisotopic (exact) mass is 388 g/mol. The summed E-state index contributed by atoms with van der Waals surface area (Å²) in [6.07, 6.45) is 1.76. The molecule has 0 aromatic heterocycles. The molecule has 0 atom stereocenters. The molecule has 0 spiro atoms. The first kappa shape index (κ1) is 19.5. The van der Waals surface area contributed by atoms with Crippen LogP contribution in [0.1, 0.15) is 24.0 Å². The van der Waals surface area contributed by atoms with Gasteiger partial charge in [0, 0.05) is 18.3 Å². The fourth-order valence-corrected chi connectivity index (χ4v) is 3.80. The van der Waals surface area contributed by atoms with Crippen LogP contribution in [0.4, 0.5) is 5.69 Å². The Kier molecular flexibility index (Phi) is 5.29. The SMILES string of the molecule is Cc1ccc(OCCN(C)C)cc1NC(=O)C1(c2cccc3ccccc23)CC1. The summed E-state index contributed by atoms with van der Waals surface area (Å²) in [4.78, 5) is 15.4. The van der Waals surface area contributed by atoms with Gasteiger partial charge in [-0.3, -0.25) is 4.79 Å². The Balaban J connectivity index is 1.56. The van der Waals surface area contributed by atoms with Gasteiger partial charge in [0.25, 0.3) is 0 Å². The van der Waals surface area contributed by atoms with Crippen molar-refractivity contribution in [3.8, 4) is 5.75 Å². The highest BCUT2D eigenvalue weighted by Crippen LogP contribution is 2.51. The number of nitrogens with zero attached hydrogens (tertiary/aromatic N) is 1. The highest BCUT2D eigenvalue weighted by Gasteiger charge is 2.52. The average Bonchev–Trinajstić information content (AvgIpc) is 3.51. The molecule has 3 aromatic rings. The second-order valence-electron chi connectivity index (χ2n) is 8.19. The van der Waals surface area contributed by atoms with E-state index in [1.165, 1.54) is 10.8 Å². The zero-order valence-electron chi connectivity index (χ0n) is 17.4. The van der Waals surface area contributed by atoms with E-state index in [0.717, 1.165) is 42.0 Å². The van der Waals surface area contributed by atoms with Gasteiger partial charge < -0.3 is 15.0 Å². The number of rotatable bonds is 7. The molecule has 0 radical (unpaired) electrons. The standard InChI is InChI=1S/C25H28N2O2/c1-18-11-12-20(29-16-15-27(2)3)17-23(18)26-24(28)25(13-14-25)22-10-6-8-19-7-4-5-9-21(19)22/h4-12,17H,13-16H2,1-3H3,(H,26,28). The Morgan fingerprint density at radius 1 is 1.07 bits per heavy atom. The summed E-state index contributed by atoms with van der Waals surface area (Å²) in [5.41, 5.74) is 2.55. The van der Waals surface area contributed by atoms with Crippen molar-refractivity contribution < 1.29 is 9.53 Å². The van der Waals surface area contributed by atoms with E-state index in [1.54, 1.807) is 0 Å². The molecular weight excluding hydrogens is 360 g/mol. The number of hydrogen-bond acceptors (Lipinski definition) is 3. The van der Waals surface area contributed by atoms with E-state index in [4.69, 9.17) is 4.74 Å². The van der Waals surface area contributed by atoms with Gasteiger partial charge in [0.05, 0.1) is 5.41 Å². The van der Waals surface area contributed by atoms with Crippen LogP contribution in [0.25, 0.3) is 10.8 Å². The first-order valence-electron chi connectivity index (χ1n) is 10.2. The van der Waals surface area contributed by atoms with Crippen molar-refractivity contribution in [2.24, 2.45) is 0 Å². The van der Waals surface area contributed by atoms with E-state index < -0.39 is 5.41 Å². The minimum absolute atomic E-state index is 0.0717. The topological polar surface area (TPSA) is 41.6 Å². The molecule has 1 saturated carbocycles. The van der Waals surface area contributed by atoms with Gasteiger partial charge in [0.15, 0.2) is 0 Å². The van der Waals surface area contributed by atoms with E-state index in [9.17, 15) is 4.79 Å². The first-order valence-corrected chi connectivity index (χ1v) is 10.2. The maximum atomic E-state index is 13.3. The van der Waals surface area contributed by atoms with Crippen LogP contribution < -0.4 is 10.1 Å². The summed E-state index contributed by atoms with van der Waals surface area (Å²) in [6.45, 7) is 3.47. The Bertz CT molecular complexity index is 1030. The third kappa shape index (κ3) is 3.99. The third-order valence-corrected chi connectivity index (χ3v) is 5.75. The fourth-order valence-electron chi connectivity index (χ4n) is 3.80. The van der Waals surface area contributed by atoms with Crippen molar-refractivity contribution >= 4 is 22.4 Å². The molecule has 0 aliphatic heterocycles. The fraction of sp³-hybridized carbons (Fsp3) is 0.320. The van der Waals surface area contributed by atoms with Crippen molar-refractivity contribution in [3.63, 3.8) is 0 Å². The predicted octanol–water partition coefficient (Wildman–Crippen LogP) is 4.76. The number of nitrogens with one attached hydrogen (secondary N) is 1. The Morgan fingerprint density at radius 3 is 2.59 bits per heavy atom. The highest BCUT2D eigenvalue weighted by molar-refractivity contribution is 6.05. The number of fused-ring (bicyclic) bond motifs is 1. The van der Waals surface area contributed by atoms with Crippen molar-refractivity contribution in [1.82, 2.24) is 4.90 Å². The van der Waals surface area contributed by atoms with Crippen LogP contribution in [-0.4, -0.2) is 38.1 Å². The number of hydrogen-bond donors (Lipinski definition) is 1. The van der Waals surface area contributed by atoms with Crippen molar-refractivity contribution in [1.29, 1.82) is 0 Å². The van der Waals surface area contributed by atoms with Gasteiger partial charge in [-0.1, -0.05) is 48.5 Å². The van der Waals surface area contributed by atoms with Gasteiger partial charge in [0.1, 0.15) is 12.4 Å². The molecule has 1 fully saturated rings. The van der Waals surface area contributed by atoms with Crippen LogP contribution in [-0.2, 0) is 10.2 Å². The molecule has 0 saturated heterocycles. The number of carbonyl (C=O) groups is 1. The smallest absolute Gasteiger partial charge is 0.235 e. The van der Waals surface area contributed by atoms with Crippen LogP contribution in [0.3, 0.4) is 0 Å². The van der Waals surface area contributed by atoms with Crippen LogP contribution in [0.5, 0.6) is 5.75 Å². The van der Waals surface area contributed by atoms with Gasteiger partial charge in [0.2, 0.25) is 5.91 Å². The van der Waals surface area contributed by atoms with Crippen molar-refractivity contribution in [2.45, 2.75) is 25.2 Å². The lowest BCUT2D eigenvalue weighted by Gasteiger charge is -2.19. The van der Waals surface area contributed by atoms with Crippen LogP contribution in [0, 0.1) is 6.92 Å². The van der Waals surface area contributed by atoms with Crippen LogP contribution in [0.15, 0.2) is 60.7 Å². The number of ether oxygens (including phenoxy) is 1. The molecule has 1 aliphatic rings. The third-order valence-electron chi connectivity index (χ3n) is 5.75. The summed E-state index contributed by atoms with van der Waals surface area (Å²) in [7, 11) is 4.04. The van der Waals surface area contributed by atoms with Crippen molar-refractivity contribution in [2.75, 3.05) is 32.6 Å². The molecule has 150 valence electrons. The Hall–Kier alpha value is -2.85. The predicted molar refractivity (Wildman–Crippen MR) is 119 cm³/mol. The number of aryl methyl sites for hydroxylation is 1. The molecule has 4 heteroatoms. The van der Waals surface area contributed by atoms with E-state index in [1.807, 2.05) is 51.4 Å². The van der Waals surface area contributed by atoms with E-state index in [2.05, 4.69) is 40.5 Å². The number of carbonyl (C=O) groups excluding carboxylic acids is 1. The lowest BCUT2D eigenvalue weighted by Crippen LogP contribution is -2.28. The average molecular weight is 389 g/mol. The van der Waals surface area contributed by atoms with E-state index in [-0.39, 0.29) is 5.91 Å². The van der Waals surface area contributed by atoms with Gasteiger partial charge in [-0.05, 0) is 61.8 Å². The lowest BCUT2D eigenvalue weighted by molar-refractivity contribution is -0.118. The summed E-state index contributed by atoms with van der Waals surface area (Å²) in [5.74, 6) is 0.852.